The number of nitrogens with one attached hydrogen (secondary N) is 1. The van der Waals surface area contributed by atoms with Crippen molar-refractivity contribution >= 4 is 0 Å². The zero-order valence-electron chi connectivity index (χ0n) is 12.4. The molecular weight excluding hydrogens is 246 g/mol. The van der Waals surface area contributed by atoms with Gasteiger partial charge in [-0.2, -0.15) is 0 Å². The fraction of sp³-hybridized carbons (Fsp3) is 0.333. The summed E-state index contributed by atoms with van der Waals surface area (Å²) >= 11 is 0. The minimum absolute atomic E-state index is 0.0672. The summed E-state index contributed by atoms with van der Waals surface area (Å²) < 4.78 is 0. The van der Waals surface area contributed by atoms with E-state index in [-0.39, 0.29) is 6.04 Å². The number of aliphatic hydroxyl groups is 1. The lowest BCUT2D eigenvalue weighted by Gasteiger charge is -2.26. The number of likely N-dealkylation sites (N-methyl/N-ethyl adjacent to an activating group) is 1. The van der Waals surface area contributed by atoms with Crippen molar-refractivity contribution in [2.45, 2.75) is 26.0 Å². The Kier molecular flexibility index (Phi) is 4.94. The Morgan fingerprint density at radius 2 is 1.40 bits per heavy atom. The Balaban J connectivity index is 2.20. The quantitative estimate of drug-likeness (QED) is 0.868. The molecule has 0 bridgehead atoms. The van der Waals surface area contributed by atoms with E-state index >= 15 is 0 Å². The van der Waals surface area contributed by atoms with Gasteiger partial charge in [0, 0.05) is 6.04 Å². The molecule has 0 fully saturated rings. The van der Waals surface area contributed by atoms with Crippen LogP contribution in [-0.4, -0.2) is 18.2 Å². The van der Waals surface area contributed by atoms with Gasteiger partial charge in [0.2, 0.25) is 0 Å². The Labute approximate surface area is 121 Å². The fourth-order valence-corrected chi connectivity index (χ4v) is 2.57. The molecule has 0 aliphatic heterocycles. The molecular formula is C18H23NO. The zero-order chi connectivity index (χ0) is 14.5. The van der Waals surface area contributed by atoms with Crippen LogP contribution in [0.4, 0.5) is 0 Å². The Hall–Kier alpha value is -1.64. The topological polar surface area (TPSA) is 32.3 Å². The highest BCUT2D eigenvalue weighted by Gasteiger charge is 2.22. The van der Waals surface area contributed by atoms with Crippen LogP contribution in [0.5, 0.6) is 0 Å². The minimum Gasteiger partial charge on any atom is -0.387 e. The van der Waals surface area contributed by atoms with Crippen molar-refractivity contribution in [1.29, 1.82) is 0 Å². The first-order valence-electron chi connectivity index (χ1n) is 7.14. The largest absolute Gasteiger partial charge is 0.387 e. The molecule has 0 heterocycles. The molecule has 2 unspecified atom stereocenters. The van der Waals surface area contributed by atoms with Gasteiger partial charge in [0.05, 0.1) is 6.10 Å². The molecule has 0 aromatic heterocycles. The first-order chi connectivity index (χ1) is 9.63. The Morgan fingerprint density at radius 3 is 1.90 bits per heavy atom. The van der Waals surface area contributed by atoms with Gasteiger partial charge in [-0.05, 0) is 29.7 Å². The molecule has 106 valence electrons. The first-order valence-corrected chi connectivity index (χ1v) is 7.14. The molecule has 2 N–H and O–H groups in total. The van der Waals surface area contributed by atoms with Crippen molar-refractivity contribution < 1.29 is 5.11 Å². The highest BCUT2D eigenvalue weighted by Crippen LogP contribution is 2.25. The monoisotopic (exact) mass is 269 g/mol. The molecule has 0 radical (unpaired) electrons. The first kappa shape index (κ1) is 14.8. The second-order valence-corrected chi connectivity index (χ2v) is 5.49. The predicted molar refractivity (Wildman–Crippen MR) is 84.5 cm³/mol. The van der Waals surface area contributed by atoms with Gasteiger partial charge in [0.1, 0.15) is 0 Å². The maximum atomic E-state index is 10.4. The maximum Gasteiger partial charge on any atom is 0.0945 e. The highest BCUT2D eigenvalue weighted by molar-refractivity contribution is 5.63. The van der Waals surface area contributed by atoms with Gasteiger partial charge in [-0.1, -0.05) is 68.4 Å². The zero-order valence-corrected chi connectivity index (χ0v) is 12.4. The number of aliphatic hydroxyl groups excluding tert-OH is 1. The van der Waals surface area contributed by atoms with E-state index in [2.05, 4.69) is 43.4 Å². The SMILES string of the molecule is CNC(C(C)C)C(O)c1ccc(-c2ccccc2)cc1. The molecule has 2 atom stereocenters. The van der Waals surface area contributed by atoms with Gasteiger partial charge in [0.15, 0.2) is 0 Å². The van der Waals surface area contributed by atoms with Crippen LogP contribution >= 0.6 is 0 Å². The van der Waals surface area contributed by atoms with Crippen LogP contribution < -0.4 is 5.32 Å². The smallest absolute Gasteiger partial charge is 0.0945 e. The van der Waals surface area contributed by atoms with Crippen molar-refractivity contribution in [3.05, 3.63) is 60.2 Å². The molecule has 0 spiro atoms. The van der Waals surface area contributed by atoms with E-state index in [1.807, 2.05) is 37.4 Å². The number of hydrogen-bond donors (Lipinski definition) is 2. The molecule has 2 rings (SSSR count). The van der Waals surface area contributed by atoms with E-state index < -0.39 is 6.10 Å². The van der Waals surface area contributed by atoms with Crippen LogP contribution in [0.3, 0.4) is 0 Å². The molecule has 2 aromatic carbocycles. The second kappa shape index (κ2) is 6.69. The van der Waals surface area contributed by atoms with Crippen molar-refractivity contribution in [3.8, 4) is 11.1 Å². The average molecular weight is 269 g/mol. The summed E-state index contributed by atoms with van der Waals surface area (Å²) in [5.74, 6) is 0.379. The van der Waals surface area contributed by atoms with Crippen molar-refractivity contribution in [3.63, 3.8) is 0 Å². The van der Waals surface area contributed by atoms with E-state index in [1.54, 1.807) is 0 Å². The lowest BCUT2D eigenvalue weighted by Crippen LogP contribution is -2.36. The van der Waals surface area contributed by atoms with Gasteiger partial charge in [0.25, 0.3) is 0 Å². The third-order valence-electron chi connectivity index (χ3n) is 3.75. The molecule has 2 heteroatoms. The van der Waals surface area contributed by atoms with Crippen LogP contribution in [0.1, 0.15) is 25.5 Å². The third-order valence-corrected chi connectivity index (χ3v) is 3.75. The molecule has 2 nitrogen and oxygen atoms in total. The molecule has 20 heavy (non-hydrogen) atoms. The number of rotatable bonds is 5. The molecule has 2 aromatic rings. The lowest BCUT2D eigenvalue weighted by molar-refractivity contribution is 0.110. The lowest BCUT2D eigenvalue weighted by atomic mass is 9.92. The van der Waals surface area contributed by atoms with Crippen LogP contribution in [0, 0.1) is 5.92 Å². The van der Waals surface area contributed by atoms with Crippen molar-refractivity contribution in [2.75, 3.05) is 7.05 Å². The van der Waals surface area contributed by atoms with Gasteiger partial charge < -0.3 is 10.4 Å². The van der Waals surface area contributed by atoms with E-state index in [0.29, 0.717) is 5.92 Å². The molecule has 0 aliphatic rings. The van der Waals surface area contributed by atoms with E-state index in [0.717, 1.165) is 5.56 Å². The van der Waals surface area contributed by atoms with E-state index in [4.69, 9.17) is 0 Å². The van der Waals surface area contributed by atoms with Crippen LogP contribution in [-0.2, 0) is 0 Å². The average Bonchev–Trinajstić information content (AvgIpc) is 2.48. The summed E-state index contributed by atoms with van der Waals surface area (Å²) in [4.78, 5) is 0. The van der Waals surface area contributed by atoms with Gasteiger partial charge in [-0.25, -0.2) is 0 Å². The van der Waals surface area contributed by atoms with E-state index in [1.165, 1.54) is 11.1 Å². The molecule has 0 aliphatic carbocycles. The number of hydrogen-bond acceptors (Lipinski definition) is 2. The Morgan fingerprint density at radius 1 is 0.850 bits per heavy atom. The summed E-state index contributed by atoms with van der Waals surface area (Å²) in [7, 11) is 1.90. The maximum absolute atomic E-state index is 10.4. The van der Waals surface area contributed by atoms with Crippen LogP contribution in [0.15, 0.2) is 54.6 Å². The Bertz CT molecular complexity index is 519. The van der Waals surface area contributed by atoms with Gasteiger partial charge in [-0.15, -0.1) is 0 Å². The summed E-state index contributed by atoms with van der Waals surface area (Å²) in [6.45, 7) is 4.23. The summed E-state index contributed by atoms with van der Waals surface area (Å²) in [5, 5.41) is 13.6. The van der Waals surface area contributed by atoms with E-state index in [9.17, 15) is 5.11 Å². The van der Waals surface area contributed by atoms with Gasteiger partial charge >= 0.3 is 0 Å². The van der Waals surface area contributed by atoms with Crippen molar-refractivity contribution in [1.82, 2.24) is 5.32 Å². The standard InChI is InChI=1S/C18H23NO/c1-13(2)17(19-3)18(20)16-11-9-15(10-12-16)14-7-5-4-6-8-14/h4-13,17-20H,1-3H3. The van der Waals surface area contributed by atoms with Crippen molar-refractivity contribution in [2.24, 2.45) is 5.92 Å². The summed E-state index contributed by atoms with van der Waals surface area (Å²) in [6.07, 6.45) is -0.482. The normalized spacial score (nSPS) is 14.2. The minimum atomic E-state index is -0.482. The summed E-state index contributed by atoms with van der Waals surface area (Å²) in [6, 6.07) is 18.5. The van der Waals surface area contributed by atoms with Crippen LogP contribution in [0.2, 0.25) is 0 Å². The predicted octanol–water partition coefficient (Wildman–Crippen LogP) is 3.63. The summed E-state index contributed by atoms with van der Waals surface area (Å²) in [5.41, 5.74) is 3.33. The molecule has 0 saturated carbocycles. The third kappa shape index (κ3) is 3.27. The number of benzene rings is 2. The fourth-order valence-electron chi connectivity index (χ4n) is 2.57. The van der Waals surface area contributed by atoms with Crippen LogP contribution in [0.25, 0.3) is 11.1 Å². The highest BCUT2D eigenvalue weighted by atomic mass is 16.3. The molecule has 0 amide bonds. The second-order valence-electron chi connectivity index (χ2n) is 5.49. The molecule has 0 saturated heterocycles. The van der Waals surface area contributed by atoms with Gasteiger partial charge in [-0.3, -0.25) is 0 Å².